The number of rotatable bonds is 2. The smallest absolute Gasteiger partial charge is 0.408 e. The molecule has 0 radical (unpaired) electrons. The van der Waals surface area contributed by atoms with E-state index in [9.17, 15) is 14.7 Å². The topological polar surface area (TPSA) is 75.6 Å². The van der Waals surface area contributed by atoms with Gasteiger partial charge in [0.25, 0.3) is 0 Å². The van der Waals surface area contributed by atoms with Crippen molar-refractivity contribution in [2.75, 3.05) is 0 Å². The number of alkyl carbamates (subject to hydrolysis) is 1. The minimum absolute atomic E-state index is 0.0903. The minimum atomic E-state index is -1.09. The first kappa shape index (κ1) is 12.2. The number of aliphatic carboxylic acids is 1. The number of carboxylic acids is 1. The summed E-state index contributed by atoms with van der Waals surface area (Å²) in [7, 11) is 0. The van der Waals surface area contributed by atoms with Gasteiger partial charge in [0.15, 0.2) is 0 Å². The van der Waals surface area contributed by atoms with Crippen molar-refractivity contribution < 1.29 is 19.4 Å². The Hall–Kier alpha value is -1.26. The predicted molar refractivity (Wildman–Crippen MR) is 60.6 cm³/mol. The Kier molecular flexibility index (Phi) is 2.60. The molecule has 0 aliphatic heterocycles. The average Bonchev–Trinajstić information content (AvgIpc) is 2.82. The highest BCUT2D eigenvalue weighted by Gasteiger charge is 2.63. The Morgan fingerprint density at radius 1 is 1.41 bits per heavy atom. The van der Waals surface area contributed by atoms with E-state index in [0.717, 1.165) is 12.8 Å². The van der Waals surface area contributed by atoms with Crippen LogP contribution in [0, 0.1) is 11.8 Å². The van der Waals surface area contributed by atoms with Crippen LogP contribution in [0.4, 0.5) is 4.79 Å². The first-order valence-electron chi connectivity index (χ1n) is 5.99. The number of hydrogen-bond donors (Lipinski definition) is 2. The molecule has 0 aromatic rings. The van der Waals surface area contributed by atoms with Gasteiger partial charge in [-0.25, -0.2) is 9.59 Å². The summed E-state index contributed by atoms with van der Waals surface area (Å²) in [6, 6.07) is 0. The molecule has 0 spiro atoms. The predicted octanol–water partition coefficient (Wildman–Crippen LogP) is 1.76. The number of carbonyl (C=O) groups is 2. The average molecular weight is 241 g/mol. The van der Waals surface area contributed by atoms with Gasteiger partial charge in [0.05, 0.1) is 0 Å². The fraction of sp³-hybridized carbons (Fsp3) is 0.833. The van der Waals surface area contributed by atoms with Crippen molar-refractivity contribution in [3.05, 3.63) is 0 Å². The summed E-state index contributed by atoms with van der Waals surface area (Å²) in [5.41, 5.74) is -1.70. The van der Waals surface area contributed by atoms with E-state index in [1.165, 1.54) is 0 Å². The second-order valence-electron chi connectivity index (χ2n) is 6.04. The van der Waals surface area contributed by atoms with Crippen LogP contribution >= 0.6 is 0 Å². The van der Waals surface area contributed by atoms with Gasteiger partial charge in [-0.3, -0.25) is 0 Å². The third kappa shape index (κ3) is 2.23. The van der Waals surface area contributed by atoms with Crippen LogP contribution in [0.15, 0.2) is 0 Å². The zero-order valence-electron chi connectivity index (χ0n) is 10.4. The molecule has 0 bridgehead atoms. The van der Waals surface area contributed by atoms with Crippen LogP contribution in [-0.4, -0.2) is 28.3 Å². The molecule has 3 atom stereocenters. The molecule has 0 saturated heterocycles. The van der Waals surface area contributed by atoms with Crippen molar-refractivity contribution in [1.82, 2.24) is 5.32 Å². The van der Waals surface area contributed by atoms with E-state index in [1.807, 2.05) is 0 Å². The highest BCUT2D eigenvalue weighted by atomic mass is 16.6. The SMILES string of the molecule is CC(C)(C)OC(=O)NC1(C(=O)O)CCC2CC21. The van der Waals surface area contributed by atoms with Crippen molar-refractivity contribution in [2.24, 2.45) is 11.8 Å². The molecule has 2 aliphatic rings. The van der Waals surface area contributed by atoms with Gasteiger partial charge >= 0.3 is 12.1 Å². The lowest BCUT2D eigenvalue weighted by Crippen LogP contribution is -2.56. The first-order valence-corrected chi connectivity index (χ1v) is 5.99. The van der Waals surface area contributed by atoms with Crippen molar-refractivity contribution in [2.45, 2.75) is 51.2 Å². The zero-order chi connectivity index (χ0) is 12.8. The molecule has 0 aromatic heterocycles. The molecule has 17 heavy (non-hydrogen) atoms. The van der Waals surface area contributed by atoms with Gasteiger partial charge < -0.3 is 15.2 Å². The van der Waals surface area contributed by atoms with Gasteiger partial charge in [0.2, 0.25) is 0 Å². The number of fused-ring (bicyclic) bond motifs is 1. The quantitative estimate of drug-likeness (QED) is 0.772. The van der Waals surface area contributed by atoms with Crippen molar-refractivity contribution >= 4 is 12.1 Å². The number of ether oxygens (including phenoxy) is 1. The lowest BCUT2D eigenvalue weighted by Gasteiger charge is -2.29. The van der Waals surface area contributed by atoms with Gasteiger partial charge in [0, 0.05) is 0 Å². The summed E-state index contributed by atoms with van der Waals surface area (Å²) in [6.45, 7) is 5.28. The Balaban J connectivity index is 2.05. The van der Waals surface area contributed by atoms with Crippen molar-refractivity contribution in [3.63, 3.8) is 0 Å². The van der Waals surface area contributed by atoms with Crippen LogP contribution in [0.1, 0.15) is 40.0 Å². The van der Waals surface area contributed by atoms with E-state index in [-0.39, 0.29) is 5.92 Å². The number of carbonyl (C=O) groups excluding carboxylic acids is 1. The molecule has 2 aliphatic carbocycles. The maximum atomic E-state index is 11.7. The molecule has 2 N–H and O–H groups in total. The molecular formula is C12H19NO4. The molecular weight excluding hydrogens is 222 g/mol. The summed E-state index contributed by atoms with van der Waals surface area (Å²) in [4.78, 5) is 23.1. The van der Waals surface area contributed by atoms with Crippen LogP contribution in [0.25, 0.3) is 0 Å². The standard InChI is InChI=1S/C12H19NO4/c1-11(2,3)17-10(16)13-12(9(14)15)5-4-7-6-8(7)12/h7-8H,4-6H2,1-3H3,(H,13,16)(H,14,15). The summed E-state index contributed by atoms with van der Waals surface area (Å²) >= 11 is 0. The Bertz CT molecular complexity index is 360. The Morgan fingerprint density at radius 3 is 2.41 bits per heavy atom. The van der Waals surface area contributed by atoms with E-state index >= 15 is 0 Å². The first-order chi connectivity index (χ1) is 7.74. The maximum Gasteiger partial charge on any atom is 0.408 e. The van der Waals surface area contributed by atoms with E-state index in [4.69, 9.17) is 4.74 Å². The van der Waals surface area contributed by atoms with Crippen LogP contribution in [0.5, 0.6) is 0 Å². The summed E-state index contributed by atoms with van der Waals surface area (Å²) < 4.78 is 5.13. The minimum Gasteiger partial charge on any atom is -0.479 e. The van der Waals surface area contributed by atoms with Gasteiger partial charge in [0.1, 0.15) is 11.1 Å². The molecule has 0 heterocycles. The largest absolute Gasteiger partial charge is 0.479 e. The monoisotopic (exact) mass is 241 g/mol. The van der Waals surface area contributed by atoms with Crippen molar-refractivity contribution in [3.8, 4) is 0 Å². The zero-order valence-corrected chi connectivity index (χ0v) is 10.4. The molecule has 5 heteroatoms. The molecule has 2 fully saturated rings. The third-order valence-corrected chi connectivity index (χ3v) is 3.57. The fourth-order valence-electron chi connectivity index (χ4n) is 2.73. The highest BCUT2D eigenvalue weighted by molar-refractivity contribution is 5.86. The lowest BCUT2D eigenvalue weighted by atomic mass is 9.93. The van der Waals surface area contributed by atoms with Gasteiger partial charge in [-0.15, -0.1) is 0 Å². The molecule has 1 amide bonds. The van der Waals surface area contributed by atoms with E-state index < -0.39 is 23.2 Å². The molecule has 96 valence electrons. The number of carboxylic acid groups (broad SMARTS) is 1. The Labute approximate surface area is 101 Å². The highest BCUT2D eigenvalue weighted by Crippen LogP contribution is 2.57. The summed E-state index contributed by atoms with van der Waals surface area (Å²) in [5, 5.41) is 11.9. The maximum absolute atomic E-state index is 11.7. The van der Waals surface area contributed by atoms with E-state index in [2.05, 4.69) is 5.32 Å². The fourth-order valence-corrected chi connectivity index (χ4v) is 2.73. The summed E-state index contributed by atoms with van der Waals surface area (Å²) in [5.74, 6) is -0.373. The van der Waals surface area contributed by atoms with Crippen LogP contribution in [-0.2, 0) is 9.53 Å². The molecule has 2 rings (SSSR count). The number of hydrogen-bond acceptors (Lipinski definition) is 3. The van der Waals surface area contributed by atoms with Crippen LogP contribution < -0.4 is 5.32 Å². The third-order valence-electron chi connectivity index (χ3n) is 3.57. The van der Waals surface area contributed by atoms with Gasteiger partial charge in [-0.05, 0) is 51.9 Å². The van der Waals surface area contributed by atoms with E-state index in [1.54, 1.807) is 20.8 Å². The molecule has 3 unspecified atom stereocenters. The second kappa shape index (κ2) is 3.62. The van der Waals surface area contributed by atoms with Gasteiger partial charge in [-0.1, -0.05) is 0 Å². The Morgan fingerprint density at radius 2 is 2.06 bits per heavy atom. The molecule has 0 aromatic carbocycles. The number of nitrogens with one attached hydrogen (secondary N) is 1. The normalized spacial score (nSPS) is 35.0. The van der Waals surface area contributed by atoms with E-state index in [0.29, 0.717) is 12.3 Å². The number of amides is 1. The summed E-state index contributed by atoms with van der Waals surface area (Å²) in [6.07, 6.45) is 1.67. The lowest BCUT2D eigenvalue weighted by molar-refractivity contribution is -0.145. The molecule has 5 nitrogen and oxygen atoms in total. The van der Waals surface area contributed by atoms with Crippen molar-refractivity contribution in [1.29, 1.82) is 0 Å². The second-order valence-corrected chi connectivity index (χ2v) is 6.04. The van der Waals surface area contributed by atoms with Crippen LogP contribution in [0.2, 0.25) is 0 Å². The molecule has 2 saturated carbocycles. The van der Waals surface area contributed by atoms with Gasteiger partial charge in [-0.2, -0.15) is 0 Å². The van der Waals surface area contributed by atoms with Crippen LogP contribution in [0.3, 0.4) is 0 Å².